The summed E-state index contributed by atoms with van der Waals surface area (Å²) in [6, 6.07) is -1.91. The van der Waals surface area contributed by atoms with Crippen LogP contribution in [0.4, 0.5) is 0 Å². The molecule has 2 amide bonds. The van der Waals surface area contributed by atoms with Gasteiger partial charge in [0, 0.05) is 25.9 Å². The van der Waals surface area contributed by atoms with Gasteiger partial charge in [0.25, 0.3) is 5.91 Å². The summed E-state index contributed by atoms with van der Waals surface area (Å²) >= 11 is 0. The highest BCUT2D eigenvalue weighted by Gasteiger charge is 2.45. The fourth-order valence-corrected chi connectivity index (χ4v) is 4.15. The molecule has 4 N–H and O–H groups in total. The highest BCUT2D eigenvalue weighted by atomic mass is 16.7. The van der Waals surface area contributed by atoms with Crippen LogP contribution in [0.25, 0.3) is 0 Å². The van der Waals surface area contributed by atoms with Crippen molar-refractivity contribution in [2.75, 3.05) is 26.4 Å². The topological polar surface area (TPSA) is 184 Å². The Labute approximate surface area is 215 Å². The minimum absolute atomic E-state index is 0.0136. The van der Waals surface area contributed by atoms with Gasteiger partial charge in [-0.2, -0.15) is 0 Å². The number of nitrogens with zero attached hydrogens (tertiary/aromatic N) is 2. The summed E-state index contributed by atoms with van der Waals surface area (Å²) < 4.78 is 5.48. The average molecular weight is 527 g/mol. The third-order valence-electron chi connectivity index (χ3n) is 6.31. The van der Waals surface area contributed by atoms with Gasteiger partial charge >= 0.3 is 11.9 Å². The van der Waals surface area contributed by atoms with Crippen molar-refractivity contribution in [2.24, 2.45) is 11.1 Å². The molecule has 2 heterocycles. The molecule has 0 aromatic heterocycles. The molecule has 1 unspecified atom stereocenters. The van der Waals surface area contributed by atoms with E-state index in [-0.39, 0.29) is 38.5 Å². The molecular weight excluding hydrogens is 488 g/mol. The Kier molecular flexibility index (Phi) is 11.4. The largest absolute Gasteiger partial charge is 0.481 e. The number of oxime groups is 1. The number of hydrogen-bond donors (Lipinski definition) is 4. The molecule has 2 aliphatic rings. The SMILES string of the molecule is CC(C)[C@H](NC(=O)CCC(=O)O)C1=NOC(C)(C(=O)N[C@@H](CC(=O)O)C(=O)COCN2CCCCC2)C1. The molecule has 13 heteroatoms. The predicted molar refractivity (Wildman–Crippen MR) is 131 cm³/mol. The van der Waals surface area contributed by atoms with E-state index in [2.05, 4.69) is 20.7 Å². The Bertz CT molecular complexity index is 885. The van der Waals surface area contributed by atoms with Gasteiger partial charge < -0.3 is 30.4 Å². The Morgan fingerprint density at radius 2 is 1.73 bits per heavy atom. The Hall–Kier alpha value is -3.06. The smallest absolute Gasteiger partial charge is 0.305 e. The zero-order valence-corrected chi connectivity index (χ0v) is 21.7. The highest BCUT2D eigenvalue weighted by Crippen LogP contribution is 2.27. The molecule has 0 saturated carbocycles. The first-order chi connectivity index (χ1) is 17.4. The van der Waals surface area contributed by atoms with Crippen molar-refractivity contribution >= 4 is 35.2 Å². The number of carbonyl (C=O) groups is 5. The lowest BCUT2D eigenvalue weighted by Crippen LogP contribution is -2.53. The Morgan fingerprint density at radius 3 is 2.32 bits per heavy atom. The van der Waals surface area contributed by atoms with E-state index in [0.717, 1.165) is 32.4 Å². The van der Waals surface area contributed by atoms with Gasteiger partial charge in [-0.1, -0.05) is 25.4 Å². The van der Waals surface area contributed by atoms with Crippen LogP contribution in [0, 0.1) is 5.92 Å². The van der Waals surface area contributed by atoms with E-state index in [1.807, 2.05) is 13.8 Å². The van der Waals surface area contributed by atoms with E-state index in [0.29, 0.717) is 5.71 Å². The number of nitrogens with one attached hydrogen (secondary N) is 2. The van der Waals surface area contributed by atoms with E-state index in [1.54, 1.807) is 0 Å². The highest BCUT2D eigenvalue weighted by molar-refractivity contribution is 6.01. The van der Waals surface area contributed by atoms with Crippen LogP contribution in [-0.2, 0) is 33.5 Å². The number of likely N-dealkylation sites (tertiary alicyclic amines) is 1. The summed E-state index contributed by atoms with van der Waals surface area (Å²) in [5.41, 5.74) is -1.15. The number of carboxylic acids is 2. The molecular formula is C24H38N4O9. The van der Waals surface area contributed by atoms with Crippen LogP contribution in [0.5, 0.6) is 0 Å². The number of hydrogen-bond acceptors (Lipinski definition) is 9. The lowest BCUT2D eigenvalue weighted by molar-refractivity contribution is -0.147. The molecule has 1 fully saturated rings. The maximum Gasteiger partial charge on any atom is 0.305 e. The summed E-state index contributed by atoms with van der Waals surface area (Å²) in [6.45, 7) is 6.77. The average Bonchev–Trinajstić information content (AvgIpc) is 3.23. The normalized spacial score (nSPS) is 21.5. The third kappa shape index (κ3) is 9.73. The van der Waals surface area contributed by atoms with E-state index in [9.17, 15) is 29.1 Å². The zero-order valence-electron chi connectivity index (χ0n) is 21.7. The molecule has 2 rings (SSSR count). The van der Waals surface area contributed by atoms with Crippen molar-refractivity contribution < 1.29 is 43.8 Å². The zero-order chi connectivity index (χ0) is 27.6. The third-order valence-corrected chi connectivity index (χ3v) is 6.31. The number of aliphatic carboxylic acids is 2. The summed E-state index contributed by atoms with van der Waals surface area (Å²) in [4.78, 5) is 67.5. The molecule has 208 valence electrons. The first-order valence-electron chi connectivity index (χ1n) is 12.5. The number of carboxylic acid groups (broad SMARTS) is 2. The molecule has 0 radical (unpaired) electrons. The molecule has 13 nitrogen and oxygen atoms in total. The number of piperidine rings is 1. The van der Waals surface area contributed by atoms with Crippen LogP contribution >= 0.6 is 0 Å². The molecule has 0 aromatic rings. The van der Waals surface area contributed by atoms with Crippen molar-refractivity contribution in [1.82, 2.24) is 15.5 Å². The minimum Gasteiger partial charge on any atom is -0.481 e. The lowest BCUT2D eigenvalue weighted by Gasteiger charge is -2.27. The van der Waals surface area contributed by atoms with Crippen LogP contribution in [0.3, 0.4) is 0 Å². The molecule has 37 heavy (non-hydrogen) atoms. The van der Waals surface area contributed by atoms with Gasteiger partial charge in [-0.25, -0.2) is 0 Å². The van der Waals surface area contributed by atoms with Gasteiger partial charge in [-0.15, -0.1) is 0 Å². The number of rotatable bonds is 15. The summed E-state index contributed by atoms with van der Waals surface area (Å²) in [6.07, 6.45) is 2.12. The van der Waals surface area contributed by atoms with Crippen LogP contribution < -0.4 is 10.6 Å². The van der Waals surface area contributed by atoms with Crippen molar-refractivity contribution in [2.45, 2.75) is 83.4 Å². The number of carbonyl (C=O) groups excluding carboxylic acids is 3. The van der Waals surface area contributed by atoms with Crippen LogP contribution in [0.1, 0.15) is 65.7 Å². The Balaban J connectivity index is 1.96. The van der Waals surface area contributed by atoms with E-state index in [1.165, 1.54) is 6.92 Å². The number of amides is 2. The molecule has 3 atom stereocenters. The molecule has 2 aliphatic heterocycles. The second-order valence-electron chi connectivity index (χ2n) is 10.0. The molecule has 0 aliphatic carbocycles. The molecule has 0 bridgehead atoms. The Morgan fingerprint density at radius 1 is 1.05 bits per heavy atom. The second kappa shape index (κ2) is 14.0. The van der Waals surface area contributed by atoms with Gasteiger partial charge in [-0.3, -0.25) is 28.9 Å². The number of ether oxygens (including phenoxy) is 1. The van der Waals surface area contributed by atoms with Gasteiger partial charge in [0.05, 0.1) is 31.3 Å². The number of ketones is 1. The second-order valence-corrected chi connectivity index (χ2v) is 10.0. The fraction of sp³-hybridized carbons (Fsp3) is 0.750. The van der Waals surface area contributed by atoms with Gasteiger partial charge in [0.15, 0.2) is 5.78 Å². The summed E-state index contributed by atoms with van der Waals surface area (Å²) in [5.74, 6) is -4.25. The summed E-state index contributed by atoms with van der Waals surface area (Å²) in [7, 11) is 0. The standard InChI is InChI=1S/C24H38N4O9/c1-15(2)22(26-19(30)7-8-20(31)32)17-12-24(3,37-27-17)23(35)25-16(11-21(33)34)18(29)13-36-14-28-9-5-4-6-10-28/h15-16,22H,4-14H2,1-3H3,(H,25,35)(H,26,30)(H,31,32)(H,33,34)/t16-,22-,24?/m0/s1. The maximum atomic E-state index is 13.1. The van der Waals surface area contributed by atoms with E-state index in [4.69, 9.17) is 14.7 Å². The van der Waals surface area contributed by atoms with Crippen LogP contribution in [-0.4, -0.2) is 94.5 Å². The van der Waals surface area contributed by atoms with Crippen LogP contribution in [0.15, 0.2) is 5.16 Å². The van der Waals surface area contributed by atoms with Crippen molar-refractivity contribution in [3.05, 3.63) is 0 Å². The van der Waals surface area contributed by atoms with E-state index >= 15 is 0 Å². The number of Topliss-reactive ketones (excluding diaryl/α,β-unsaturated/α-hetero) is 1. The quantitative estimate of drug-likeness (QED) is 0.234. The predicted octanol–water partition coefficient (Wildman–Crippen LogP) is 0.516. The van der Waals surface area contributed by atoms with Crippen molar-refractivity contribution in [3.63, 3.8) is 0 Å². The van der Waals surface area contributed by atoms with Crippen molar-refractivity contribution in [1.29, 1.82) is 0 Å². The molecule has 1 saturated heterocycles. The van der Waals surface area contributed by atoms with E-state index < -0.39 is 53.6 Å². The maximum absolute atomic E-state index is 13.1. The lowest BCUT2D eigenvalue weighted by atomic mass is 9.90. The molecule has 0 spiro atoms. The molecule has 0 aromatic carbocycles. The van der Waals surface area contributed by atoms with Gasteiger partial charge in [-0.05, 0) is 25.7 Å². The fourth-order valence-electron chi connectivity index (χ4n) is 4.15. The monoisotopic (exact) mass is 526 g/mol. The van der Waals surface area contributed by atoms with Crippen molar-refractivity contribution in [3.8, 4) is 0 Å². The minimum atomic E-state index is -1.53. The van der Waals surface area contributed by atoms with Gasteiger partial charge in [0.1, 0.15) is 12.6 Å². The van der Waals surface area contributed by atoms with Crippen LogP contribution in [0.2, 0.25) is 0 Å². The first kappa shape index (κ1) is 30.2. The first-order valence-corrected chi connectivity index (χ1v) is 12.5. The summed E-state index contributed by atoms with van der Waals surface area (Å²) in [5, 5.41) is 27.2. The van der Waals surface area contributed by atoms with Gasteiger partial charge in [0.2, 0.25) is 11.5 Å².